The van der Waals surface area contributed by atoms with Crippen molar-refractivity contribution in [1.29, 1.82) is 0 Å². The number of nitrogens with one attached hydrogen (secondary N) is 2. The third kappa shape index (κ3) is 3.11. The number of amides is 4. The molecule has 4 amide bonds. The third-order valence-electron chi connectivity index (χ3n) is 4.72. The smallest absolute Gasteiger partial charge is 0.325 e. The topological polar surface area (TPSA) is 78.5 Å². The highest BCUT2D eigenvalue weighted by atomic mass is 35.5. The zero-order valence-electron chi connectivity index (χ0n) is 13.5. The first kappa shape index (κ1) is 16.8. The number of imide groups is 1. The van der Waals surface area contributed by atoms with E-state index in [4.69, 9.17) is 11.6 Å². The van der Waals surface area contributed by atoms with Gasteiger partial charge in [-0.3, -0.25) is 14.5 Å². The highest BCUT2D eigenvalue weighted by Gasteiger charge is 2.49. The second kappa shape index (κ2) is 6.43. The summed E-state index contributed by atoms with van der Waals surface area (Å²) in [6.45, 7) is 1.37. The van der Waals surface area contributed by atoms with E-state index in [0.717, 1.165) is 30.6 Å². The Morgan fingerprint density at radius 1 is 1.29 bits per heavy atom. The Labute approximate surface area is 145 Å². The van der Waals surface area contributed by atoms with Gasteiger partial charge in [-0.1, -0.05) is 36.6 Å². The fourth-order valence-corrected chi connectivity index (χ4v) is 3.43. The molecule has 1 aliphatic carbocycles. The molecule has 1 saturated carbocycles. The average molecular weight is 350 g/mol. The summed E-state index contributed by atoms with van der Waals surface area (Å²) in [5.41, 5.74) is -0.557. The van der Waals surface area contributed by atoms with Gasteiger partial charge in [0, 0.05) is 11.1 Å². The van der Waals surface area contributed by atoms with Gasteiger partial charge in [-0.15, -0.1) is 0 Å². The number of rotatable bonds is 4. The molecule has 1 aromatic carbocycles. The van der Waals surface area contributed by atoms with Crippen LogP contribution in [0.2, 0.25) is 5.02 Å². The minimum absolute atomic E-state index is 0.154. The molecule has 7 heteroatoms. The summed E-state index contributed by atoms with van der Waals surface area (Å²) >= 11 is 5.87. The zero-order valence-corrected chi connectivity index (χ0v) is 14.2. The van der Waals surface area contributed by atoms with Gasteiger partial charge in [0.2, 0.25) is 5.91 Å². The lowest BCUT2D eigenvalue weighted by molar-refractivity contribution is -0.135. The van der Waals surface area contributed by atoms with Crippen LogP contribution >= 0.6 is 11.6 Å². The van der Waals surface area contributed by atoms with Gasteiger partial charge in [-0.05, 0) is 37.5 Å². The maximum absolute atomic E-state index is 12.7. The first-order chi connectivity index (χ1) is 11.4. The summed E-state index contributed by atoms with van der Waals surface area (Å²) in [6, 6.07) is 6.32. The largest absolute Gasteiger partial charge is 0.352 e. The first-order valence-corrected chi connectivity index (χ1v) is 8.47. The summed E-state index contributed by atoms with van der Waals surface area (Å²) in [4.78, 5) is 38.0. The van der Waals surface area contributed by atoms with Crippen LogP contribution in [0.1, 0.15) is 38.2 Å². The van der Waals surface area contributed by atoms with Crippen LogP contribution in [0, 0.1) is 0 Å². The number of hydrogen-bond donors (Lipinski definition) is 2. The van der Waals surface area contributed by atoms with Crippen LogP contribution in [0.3, 0.4) is 0 Å². The Morgan fingerprint density at radius 2 is 1.92 bits per heavy atom. The Balaban J connectivity index is 1.71. The van der Waals surface area contributed by atoms with E-state index >= 15 is 0 Å². The van der Waals surface area contributed by atoms with E-state index in [2.05, 4.69) is 10.6 Å². The number of carbonyl (C=O) groups excluding carboxylic acids is 3. The van der Waals surface area contributed by atoms with Gasteiger partial charge in [0.15, 0.2) is 0 Å². The van der Waals surface area contributed by atoms with Gasteiger partial charge in [0.25, 0.3) is 5.91 Å². The number of benzene rings is 1. The van der Waals surface area contributed by atoms with Crippen molar-refractivity contribution in [2.75, 3.05) is 6.54 Å². The zero-order chi connectivity index (χ0) is 17.3. The molecule has 6 nitrogen and oxygen atoms in total. The van der Waals surface area contributed by atoms with E-state index in [1.54, 1.807) is 31.2 Å². The van der Waals surface area contributed by atoms with Crippen molar-refractivity contribution in [3.8, 4) is 0 Å². The quantitative estimate of drug-likeness (QED) is 0.818. The van der Waals surface area contributed by atoms with E-state index in [9.17, 15) is 14.4 Å². The number of urea groups is 1. The molecule has 2 fully saturated rings. The molecular weight excluding hydrogens is 330 g/mol. The summed E-state index contributed by atoms with van der Waals surface area (Å²) in [6.07, 6.45) is 4.11. The Kier molecular flexibility index (Phi) is 4.49. The van der Waals surface area contributed by atoms with Gasteiger partial charge < -0.3 is 10.6 Å². The Bertz CT molecular complexity index is 670. The predicted molar refractivity (Wildman–Crippen MR) is 89.4 cm³/mol. The van der Waals surface area contributed by atoms with Crippen LogP contribution in [0.15, 0.2) is 24.3 Å². The van der Waals surface area contributed by atoms with Crippen LogP contribution in [-0.4, -0.2) is 35.3 Å². The second-order valence-electron chi connectivity index (χ2n) is 6.50. The second-order valence-corrected chi connectivity index (χ2v) is 6.94. The van der Waals surface area contributed by atoms with Gasteiger partial charge in [0.1, 0.15) is 12.1 Å². The molecule has 128 valence electrons. The molecule has 0 spiro atoms. The van der Waals surface area contributed by atoms with Gasteiger partial charge in [0.05, 0.1) is 0 Å². The SMILES string of the molecule is CC1(c2ccc(Cl)cc2)NC(=O)N(CC(=O)NC2CCCC2)C1=O. The van der Waals surface area contributed by atoms with Crippen LogP contribution in [-0.2, 0) is 15.1 Å². The molecule has 3 rings (SSSR count). The van der Waals surface area contributed by atoms with Crippen molar-refractivity contribution in [1.82, 2.24) is 15.5 Å². The Morgan fingerprint density at radius 3 is 2.54 bits per heavy atom. The third-order valence-corrected chi connectivity index (χ3v) is 4.97. The monoisotopic (exact) mass is 349 g/mol. The van der Waals surface area contributed by atoms with Crippen molar-refractivity contribution < 1.29 is 14.4 Å². The van der Waals surface area contributed by atoms with Gasteiger partial charge in [-0.2, -0.15) is 0 Å². The molecule has 0 aromatic heterocycles. The molecule has 2 aliphatic rings. The summed E-state index contributed by atoms with van der Waals surface area (Å²) in [5, 5.41) is 6.12. The van der Waals surface area contributed by atoms with E-state index in [-0.39, 0.29) is 18.5 Å². The summed E-state index contributed by atoms with van der Waals surface area (Å²) in [7, 11) is 0. The molecule has 1 saturated heterocycles. The normalized spacial score (nSPS) is 24.3. The molecule has 0 radical (unpaired) electrons. The molecule has 1 unspecified atom stereocenters. The van der Waals surface area contributed by atoms with Gasteiger partial charge >= 0.3 is 6.03 Å². The van der Waals surface area contributed by atoms with E-state index < -0.39 is 17.5 Å². The van der Waals surface area contributed by atoms with E-state index in [1.165, 1.54) is 0 Å². The van der Waals surface area contributed by atoms with Crippen molar-refractivity contribution in [2.24, 2.45) is 0 Å². The molecule has 1 aliphatic heterocycles. The number of hydrogen-bond acceptors (Lipinski definition) is 3. The number of halogens is 1. The van der Waals surface area contributed by atoms with Crippen molar-refractivity contribution >= 4 is 29.4 Å². The number of nitrogens with zero attached hydrogens (tertiary/aromatic N) is 1. The molecule has 24 heavy (non-hydrogen) atoms. The minimum atomic E-state index is -1.19. The molecule has 1 atom stereocenters. The van der Waals surface area contributed by atoms with Crippen LogP contribution < -0.4 is 10.6 Å². The lowest BCUT2D eigenvalue weighted by Gasteiger charge is -2.22. The molecular formula is C17H20ClN3O3. The summed E-state index contributed by atoms with van der Waals surface area (Å²) < 4.78 is 0. The molecule has 1 heterocycles. The maximum Gasteiger partial charge on any atom is 0.325 e. The summed E-state index contributed by atoms with van der Waals surface area (Å²) in [5.74, 6) is -0.734. The lowest BCUT2D eigenvalue weighted by atomic mass is 9.92. The highest BCUT2D eigenvalue weighted by molar-refractivity contribution is 6.30. The van der Waals surface area contributed by atoms with Crippen molar-refractivity contribution in [3.05, 3.63) is 34.9 Å². The minimum Gasteiger partial charge on any atom is -0.352 e. The van der Waals surface area contributed by atoms with E-state index in [1.807, 2.05) is 0 Å². The van der Waals surface area contributed by atoms with Crippen molar-refractivity contribution in [2.45, 2.75) is 44.2 Å². The molecule has 0 bridgehead atoms. The fraction of sp³-hybridized carbons (Fsp3) is 0.471. The first-order valence-electron chi connectivity index (χ1n) is 8.09. The molecule has 1 aromatic rings. The van der Waals surface area contributed by atoms with Crippen LogP contribution in [0.25, 0.3) is 0 Å². The predicted octanol–water partition coefficient (Wildman–Crippen LogP) is 2.17. The Hall–Kier alpha value is -2.08. The average Bonchev–Trinajstić information content (AvgIpc) is 3.11. The standard InChI is InChI=1S/C17H20ClN3O3/c1-17(11-6-8-12(18)9-7-11)15(23)21(16(24)20-17)10-14(22)19-13-4-2-3-5-13/h6-9,13H,2-5,10H2,1H3,(H,19,22)(H,20,24). The molecule has 2 N–H and O–H groups in total. The van der Waals surface area contributed by atoms with Crippen LogP contribution in [0.4, 0.5) is 4.79 Å². The lowest BCUT2D eigenvalue weighted by Crippen LogP contribution is -2.45. The van der Waals surface area contributed by atoms with Crippen LogP contribution in [0.5, 0.6) is 0 Å². The highest BCUT2D eigenvalue weighted by Crippen LogP contribution is 2.29. The van der Waals surface area contributed by atoms with Gasteiger partial charge in [-0.25, -0.2) is 4.79 Å². The number of carbonyl (C=O) groups is 3. The van der Waals surface area contributed by atoms with Crippen molar-refractivity contribution in [3.63, 3.8) is 0 Å². The maximum atomic E-state index is 12.7. The van der Waals surface area contributed by atoms with E-state index in [0.29, 0.717) is 10.6 Å². The fourth-order valence-electron chi connectivity index (χ4n) is 3.31.